The summed E-state index contributed by atoms with van der Waals surface area (Å²) in [6, 6.07) is 8.03. The molecule has 19 heavy (non-hydrogen) atoms. The van der Waals surface area contributed by atoms with Crippen molar-refractivity contribution < 1.29 is 14.6 Å². The summed E-state index contributed by atoms with van der Waals surface area (Å²) in [6.07, 6.45) is -0.226. The number of carboxylic acid groups (broad SMARTS) is 1. The van der Waals surface area contributed by atoms with E-state index in [1.807, 2.05) is 25.2 Å². The molecule has 0 saturated carbocycles. The molecule has 0 aliphatic heterocycles. The molecule has 106 valence electrons. The highest BCUT2D eigenvalue weighted by atomic mass is 79.9. The Kier molecular flexibility index (Phi) is 7.05. The minimum Gasteiger partial charge on any atom is -0.479 e. The van der Waals surface area contributed by atoms with Crippen molar-refractivity contribution in [2.75, 3.05) is 20.2 Å². The molecule has 0 radical (unpaired) electrons. The summed E-state index contributed by atoms with van der Waals surface area (Å²) in [5, 5.41) is 9.00. The molecule has 1 atom stereocenters. The first-order valence-electron chi connectivity index (χ1n) is 6.31. The third-order valence-corrected chi connectivity index (χ3v) is 3.59. The third kappa shape index (κ3) is 5.72. The zero-order chi connectivity index (χ0) is 14.3. The topological polar surface area (TPSA) is 49.8 Å². The number of benzene rings is 1. The fourth-order valence-electron chi connectivity index (χ4n) is 1.81. The molecule has 1 aromatic rings. The molecule has 0 aliphatic rings. The van der Waals surface area contributed by atoms with Gasteiger partial charge in [0, 0.05) is 24.2 Å². The van der Waals surface area contributed by atoms with Crippen molar-refractivity contribution in [3.8, 4) is 0 Å². The summed E-state index contributed by atoms with van der Waals surface area (Å²) in [6.45, 7) is 3.68. The fraction of sp³-hybridized carbons (Fsp3) is 0.500. The van der Waals surface area contributed by atoms with Crippen molar-refractivity contribution in [2.45, 2.75) is 26.0 Å². The van der Waals surface area contributed by atoms with E-state index in [0.29, 0.717) is 19.6 Å². The lowest BCUT2D eigenvalue weighted by molar-refractivity contribution is -0.150. The summed E-state index contributed by atoms with van der Waals surface area (Å²) in [7, 11) is 1.98. The highest BCUT2D eigenvalue weighted by Gasteiger charge is 2.17. The normalized spacial score (nSPS) is 12.6. The van der Waals surface area contributed by atoms with Crippen LogP contribution in [0.25, 0.3) is 0 Å². The Morgan fingerprint density at radius 2 is 2.16 bits per heavy atom. The number of ether oxygens (including phenoxy) is 1. The van der Waals surface area contributed by atoms with Crippen LogP contribution in [0.3, 0.4) is 0 Å². The van der Waals surface area contributed by atoms with Crippen LogP contribution in [-0.4, -0.2) is 42.3 Å². The lowest BCUT2D eigenvalue weighted by atomic mass is 10.2. The van der Waals surface area contributed by atoms with E-state index in [9.17, 15) is 4.79 Å². The van der Waals surface area contributed by atoms with Crippen molar-refractivity contribution in [1.82, 2.24) is 4.90 Å². The quantitative estimate of drug-likeness (QED) is 0.796. The first kappa shape index (κ1) is 16.1. The Morgan fingerprint density at radius 1 is 1.47 bits per heavy atom. The Bertz CT molecular complexity index is 411. The van der Waals surface area contributed by atoms with Crippen LogP contribution < -0.4 is 0 Å². The third-order valence-electron chi connectivity index (χ3n) is 2.81. The lowest BCUT2D eigenvalue weighted by Gasteiger charge is -2.20. The summed E-state index contributed by atoms with van der Waals surface area (Å²) < 4.78 is 6.26. The summed E-state index contributed by atoms with van der Waals surface area (Å²) in [4.78, 5) is 13.1. The Balaban J connectivity index is 2.45. The second-order valence-electron chi connectivity index (χ2n) is 4.40. The predicted molar refractivity (Wildman–Crippen MR) is 78.1 cm³/mol. The van der Waals surface area contributed by atoms with E-state index >= 15 is 0 Å². The Labute approximate surface area is 122 Å². The van der Waals surface area contributed by atoms with E-state index in [1.165, 1.54) is 5.56 Å². The number of halogens is 1. The minimum absolute atomic E-state index is 0.422. The van der Waals surface area contributed by atoms with Crippen LogP contribution in [0.1, 0.15) is 18.9 Å². The van der Waals surface area contributed by atoms with Gasteiger partial charge in [-0.1, -0.05) is 34.1 Å². The van der Waals surface area contributed by atoms with Gasteiger partial charge in [0.2, 0.25) is 0 Å². The van der Waals surface area contributed by atoms with Gasteiger partial charge in [0.15, 0.2) is 6.10 Å². The van der Waals surface area contributed by atoms with Crippen molar-refractivity contribution in [1.29, 1.82) is 0 Å². The van der Waals surface area contributed by atoms with Gasteiger partial charge in [0.05, 0.1) is 0 Å². The maximum Gasteiger partial charge on any atom is 0.332 e. The molecule has 1 rings (SSSR count). The molecule has 0 aromatic heterocycles. The maximum absolute atomic E-state index is 11.0. The lowest BCUT2D eigenvalue weighted by Crippen LogP contribution is -2.30. The SMILES string of the molecule is CCOC(CCN(C)Cc1ccccc1Br)C(=O)O. The van der Waals surface area contributed by atoms with E-state index in [-0.39, 0.29) is 0 Å². The van der Waals surface area contributed by atoms with Crippen LogP contribution in [-0.2, 0) is 16.1 Å². The molecule has 5 heteroatoms. The fourth-order valence-corrected chi connectivity index (χ4v) is 2.22. The predicted octanol–water partition coefficient (Wildman–Crippen LogP) is 2.76. The van der Waals surface area contributed by atoms with Crippen LogP contribution in [0.5, 0.6) is 0 Å². The average Bonchev–Trinajstić information content (AvgIpc) is 2.37. The first-order valence-corrected chi connectivity index (χ1v) is 7.10. The number of carboxylic acids is 1. The minimum atomic E-state index is -0.892. The standard InChI is InChI=1S/C14H20BrNO3/c1-3-19-13(14(17)18)8-9-16(2)10-11-6-4-5-7-12(11)15/h4-7,13H,3,8-10H2,1-2H3,(H,17,18). The van der Waals surface area contributed by atoms with Gasteiger partial charge in [-0.25, -0.2) is 4.79 Å². The molecule has 0 aliphatic carbocycles. The molecule has 0 spiro atoms. The van der Waals surface area contributed by atoms with Crippen LogP contribution in [0.2, 0.25) is 0 Å². The molecule has 4 nitrogen and oxygen atoms in total. The van der Waals surface area contributed by atoms with Crippen molar-refractivity contribution in [3.63, 3.8) is 0 Å². The zero-order valence-electron chi connectivity index (χ0n) is 11.3. The van der Waals surface area contributed by atoms with Gasteiger partial charge in [0.1, 0.15) is 0 Å². The molecule has 1 N–H and O–H groups in total. The van der Waals surface area contributed by atoms with Crippen LogP contribution in [0, 0.1) is 0 Å². The Morgan fingerprint density at radius 3 is 2.74 bits per heavy atom. The Hall–Kier alpha value is -0.910. The van der Waals surface area contributed by atoms with Gasteiger partial charge < -0.3 is 14.7 Å². The van der Waals surface area contributed by atoms with Crippen molar-refractivity contribution in [3.05, 3.63) is 34.3 Å². The van der Waals surface area contributed by atoms with Crippen LogP contribution in [0.15, 0.2) is 28.7 Å². The molecule has 0 bridgehead atoms. The van der Waals surface area contributed by atoms with Gasteiger partial charge in [0.25, 0.3) is 0 Å². The second-order valence-corrected chi connectivity index (χ2v) is 5.25. The van der Waals surface area contributed by atoms with Gasteiger partial charge in [-0.3, -0.25) is 0 Å². The number of nitrogens with zero attached hydrogens (tertiary/aromatic N) is 1. The smallest absolute Gasteiger partial charge is 0.332 e. The maximum atomic E-state index is 11.0. The molecule has 0 saturated heterocycles. The second kappa shape index (κ2) is 8.30. The first-order chi connectivity index (χ1) is 9.04. The van der Waals surface area contributed by atoms with Crippen LogP contribution >= 0.6 is 15.9 Å². The van der Waals surface area contributed by atoms with Crippen LogP contribution in [0.4, 0.5) is 0 Å². The summed E-state index contributed by atoms with van der Waals surface area (Å²) >= 11 is 3.51. The number of hydrogen-bond acceptors (Lipinski definition) is 3. The van der Waals surface area contributed by atoms with Crippen molar-refractivity contribution >= 4 is 21.9 Å². The number of carbonyl (C=O) groups is 1. The average molecular weight is 330 g/mol. The highest BCUT2D eigenvalue weighted by molar-refractivity contribution is 9.10. The number of rotatable bonds is 8. The van der Waals surface area contributed by atoms with E-state index in [0.717, 1.165) is 11.0 Å². The van der Waals surface area contributed by atoms with Gasteiger partial charge in [-0.2, -0.15) is 0 Å². The van der Waals surface area contributed by atoms with Gasteiger partial charge in [-0.05, 0) is 32.0 Å². The molecule has 1 aromatic carbocycles. The summed E-state index contributed by atoms with van der Waals surface area (Å²) in [5.74, 6) is -0.892. The number of hydrogen-bond donors (Lipinski definition) is 1. The molecular weight excluding hydrogens is 310 g/mol. The summed E-state index contributed by atoms with van der Waals surface area (Å²) in [5.41, 5.74) is 1.19. The molecule has 0 heterocycles. The van der Waals surface area contributed by atoms with Gasteiger partial charge in [-0.15, -0.1) is 0 Å². The molecule has 0 fully saturated rings. The molecular formula is C14H20BrNO3. The van der Waals surface area contributed by atoms with E-state index in [4.69, 9.17) is 9.84 Å². The number of aliphatic carboxylic acids is 1. The highest BCUT2D eigenvalue weighted by Crippen LogP contribution is 2.17. The zero-order valence-corrected chi connectivity index (χ0v) is 12.9. The van der Waals surface area contributed by atoms with E-state index < -0.39 is 12.1 Å². The molecule has 1 unspecified atom stereocenters. The van der Waals surface area contributed by atoms with Crippen molar-refractivity contribution in [2.24, 2.45) is 0 Å². The van der Waals surface area contributed by atoms with E-state index in [1.54, 1.807) is 6.92 Å². The molecule has 0 amide bonds. The van der Waals surface area contributed by atoms with E-state index in [2.05, 4.69) is 26.9 Å². The monoisotopic (exact) mass is 329 g/mol. The largest absolute Gasteiger partial charge is 0.479 e. The van der Waals surface area contributed by atoms with Gasteiger partial charge >= 0.3 is 5.97 Å².